The number of aliphatic carboxylic acids is 1. The van der Waals surface area contributed by atoms with Gasteiger partial charge in [-0.2, -0.15) is 0 Å². The third-order valence-corrected chi connectivity index (χ3v) is 6.01. The lowest BCUT2D eigenvalue weighted by molar-refractivity contribution is -0.139. The van der Waals surface area contributed by atoms with Crippen molar-refractivity contribution in [3.63, 3.8) is 0 Å². The molecule has 0 radical (unpaired) electrons. The zero-order valence-corrected chi connectivity index (χ0v) is 19.6. The number of anilines is 1. The fraction of sp³-hybridized carbons (Fsp3) is 0.125. The number of hydrogen-bond donors (Lipinski definition) is 3. The smallest absolute Gasteiger partial charge is 0.326 e. The molecule has 0 bridgehead atoms. The van der Waals surface area contributed by atoms with E-state index in [4.69, 9.17) is 34.8 Å². The van der Waals surface area contributed by atoms with E-state index in [2.05, 4.69) is 10.6 Å². The predicted molar refractivity (Wildman–Crippen MR) is 130 cm³/mol. The van der Waals surface area contributed by atoms with Gasteiger partial charge in [-0.3, -0.25) is 9.59 Å². The molecule has 6 nitrogen and oxygen atoms in total. The number of amides is 2. The van der Waals surface area contributed by atoms with Crippen molar-refractivity contribution in [3.8, 4) is 0 Å². The van der Waals surface area contributed by atoms with Crippen LogP contribution in [0.25, 0.3) is 0 Å². The van der Waals surface area contributed by atoms with Crippen LogP contribution in [0.5, 0.6) is 0 Å². The van der Waals surface area contributed by atoms with Crippen LogP contribution in [0.15, 0.2) is 60.7 Å². The average Bonchev–Trinajstić information content (AvgIpc) is 2.76. The third kappa shape index (κ3) is 6.05. The van der Waals surface area contributed by atoms with E-state index in [1.165, 1.54) is 6.07 Å². The maximum absolute atomic E-state index is 12.6. The number of halogens is 3. The molecule has 9 heteroatoms. The molecule has 1 atom stereocenters. The molecule has 0 aliphatic heterocycles. The Morgan fingerprint density at radius 3 is 2.09 bits per heavy atom. The van der Waals surface area contributed by atoms with Gasteiger partial charge in [0.15, 0.2) is 0 Å². The summed E-state index contributed by atoms with van der Waals surface area (Å²) in [5.41, 5.74) is 2.20. The SMILES string of the molecule is Cc1cccc(C(=O)NC(Cc2ccc(NC(=O)c3c(Cl)cccc3Cl)cc2)C(=O)O)c1Cl. The van der Waals surface area contributed by atoms with Crippen LogP contribution in [0.4, 0.5) is 5.69 Å². The van der Waals surface area contributed by atoms with Crippen LogP contribution in [0, 0.1) is 6.92 Å². The first kappa shape index (κ1) is 24.6. The van der Waals surface area contributed by atoms with Crippen LogP contribution in [0.1, 0.15) is 31.8 Å². The average molecular weight is 506 g/mol. The van der Waals surface area contributed by atoms with Crippen LogP contribution in [0.2, 0.25) is 15.1 Å². The van der Waals surface area contributed by atoms with Crippen molar-refractivity contribution in [2.75, 3.05) is 5.32 Å². The van der Waals surface area contributed by atoms with Gasteiger partial charge in [0.2, 0.25) is 0 Å². The lowest BCUT2D eigenvalue weighted by Gasteiger charge is -2.16. The minimum absolute atomic E-state index is 0.0368. The highest BCUT2D eigenvalue weighted by Crippen LogP contribution is 2.25. The van der Waals surface area contributed by atoms with E-state index in [0.717, 1.165) is 0 Å². The molecule has 0 aliphatic carbocycles. The fourth-order valence-corrected chi connectivity index (χ4v) is 3.91. The molecule has 3 aromatic carbocycles. The molecule has 33 heavy (non-hydrogen) atoms. The van der Waals surface area contributed by atoms with Crippen molar-refractivity contribution < 1.29 is 19.5 Å². The van der Waals surface area contributed by atoms with Crippen molar-refractivity contribution in [2.24, 2.45) is 0 Å². The van der Waals surface area contributed by atoms with E-state index >= 15 is 0 Å². The van der Waals surface area contributed by atoms with Crippen LogP contribution in [0.3, 0.4) is 0 Å². The molecule has 0 saturated heterocycles. The Balaban J connectivity index is 1.69. The molecule has 1 unspecified atom stereocenters. The van der Waals surface area contributed by atoms with Crippen molar-refractivity contribution in [1.29, 1.82) is 0 Å². The van der Waals surface area contributed by atoms with E-state index in [1.54, 1.807) is 61.5 Å². The van der Waals surface area contributed by atoms with Crippen LogP contribution in [-0.4, -0.2) is 28.9 Å². The number of aryl methyl sites for hydroxylation is 1. The molecule has 3 N–H and O–H groups in total. The highest BCUT2D eigenvalue weighted by Gasteiger charge is 2.23. The second kappa shape index (κ2) is 10.7. The fourth-order valence-electron chi connectivity index (χ4n) is 3.13. The molecular weight excluding hydrogens is 487 g/mol. The molecule has 0 aromatic heterocycles. The summed E-state index contributed by atoms with van der Waals surface area (Å²) in [5.74, 6) is -2.22. The van der Waals surface area contributed by atoms with Gasteiger partial charge in [0.05, 0.1) is 26.2 Å². The summed E-state index contributed by atoms with van der Waals surface area (Å²) in [5, 5.41) is 15.5. The number of carboxylic acids is 1. The summed E-state index contributed by atoms with van der Waals surface area (Å²) in [7, 11) is 0. The van der Waals surface area contributed by atoms with Crippen LogP contribution < -0.4 is 10.6 Å². The zero-order chi connectivity index (χ0) is 24.1. The van der Waals surface area contributed by atoms with E-state index in [1.807, 2.05) is 0 Å². The molecule has 0 saturated carbocycles. The van der Waals surface area contributed by atoms with Gasteiger partial charge in [0.25, 0.3) is 11.8 Å². The molecule has 3 aromatic rings. The van der Waals surface area contributed by atoms with E-state index in [9.17, 15) is 19.5 Å². The number of carbonyl (C=O) groups excluding carboxylic acids is 2. The summed E-state index contributed by atoms with van der Waals surface area (Å²) in [4.78, 5) is 36.8. The van der Waals surface area contributed by atoms with Crippen molar-refractivity contribution in [2.45, 2.75) is 19.4 Å². The summed E-state index contributed by atoms with van der Waals surface area (Å²) in [6, 6.07) is 15.1. The Morgan fingerprint density at radius 2 is 1.48 bits per heavy atom. The maximum Gasteiger partial charge on any atom is 0.326 e. The van der Waals surface area contributed by atoms with E-state index in [-0.39, 0.29) is 32.6 Å². The maximum atomic E-state index is 12.6. The number of carboxylic acid groups (broad SMARTS) is 1. The normalized spacial score (nSPS) is 11.5. The highest BCUT2D eigenvalue weighted by molar-refractivity contribution is 6.40. The number of carbonyl (C=O) groups is 3. The Bertz CT molecular complexity index is 1190. The van der Waals surface area contributed by atoms with Crippen molar-refractivity contribution >= 4 is 58.3 Å². The first-order chi connectivity index (χ1) is 15.7. The Kier molecular flexibility index (Phi) is 7.97. The number of hydrogen-bond acceptors (Lipinski definition) is 3. The topological polar surface area (TPSA) is 95.5 Å². The van der Waals surface area contributed by atoms with Gasteiger partial charge in [-0.1, -0.05) is 65.1 Å². The lowest BCUT2D eigenvalue weighted by atomic mass is 10.0. The van der Waals surface area contributed by atoms with Gasteiger partial charge < -0.3 is 15.7 Å². The summed E-state index contributed by atoms with van der Waals surface area (Å²) >= 11 is 18.3. The van der Waals surface area contributed by atoms with Crippen LogP contribution in [-0.2, 0) is 11.2 Å². The highest BCUT2D eigenvalue weighted by atomic mass is 35.5. The van der Waals surface area contributed by atoms with Gasteiger partial charge in [-0.25, -0.2) is 4.79 Å². The summed E-state index contributed by atoms with van der Waals surface area (Å²) in [6.45, 7) is 1.76. The van der Waals surface area contributed by atoms with Gasteiger partial charge in [0.1, 0.15) is 6.04 Å². The van der Waals surface area contributed by atoms with Gasteiger partial charge in [-0.05, 0) is 48.4 Å². The molecule has 170 valence electrons. The monoisotopic (exact) mass is 504 g/mol. The summed E-state index contributed by atoms with van der Waals surface area (Å²) in [6.07, 6.45) is 0.0368. The largest absolute Gasteiger partial charge is 0.480 e. The molecule has 0 heterocycles. The molecule has 2 amide bonds. The molecule has 0 spiro atoms. The lowest BCUT2D eigenvalue weighted by Crippen LogP contribution is -2.42. The second-order valence-electron chi connectivity index (χ2n) is 7.25. The summed E-state index contributed by atoms with van der Waals surface area (Å²) < 4.78 is 0. The molecule has 3 rings (SSSR count). The first-order valence-corrected chi connectivity index (χ1v) is 10.9. The Labute approximate surface area is 205 Å². The Morgan fingerprint density at radius 1 is 0.879 bits per heavy atom. The van der Waals surface area contributed by atoms with Crippen molar-refractivity contribution in [1.82, 2.24) is 5.32 Å². The second-order valence-corrected chi connectivity index (χ2v) is 8.44. The first-order valence-electron chi connectivity index (χ1n) is 9.80. The molecular formula is C24H19Cl3N2O4. The molecule has 0 aliphatic rings. The van der Waals surface area contributed by atoms with Gasteiger partial charge in [0, 0.05) is 12.1 Å². The zero-order valence-electron chi connectivity index (χ0n) is 17.4. The Hall–Kier alpha value is -3.06. The van der Waals surface area contributed by atoms with Gasteiger partial charge >= 0.3 is 5.97 Å². The van der Waals surface area contributed by atoms with Crippen LogP contribution >= 0.6 is 34.8 Å². The van der Waals surface area contributed by atoms with Gasteiger partial charge in [-0.15, -0.1) is 0 Å². The van der Waals surface area contributed by atoms with E-state index in [0.29, 0.717) is 16.8 Å². The minimum atomic E-state index is -1.18. The van der Waals surface area contributed by atoms with E-state index < -0.39 is 23.8 Å². The minimum Gasteiger partial charge on any atom is -0.480 e. The predicted octanol–water partition coefficient (Wildman–Crippen LogP) is 5.63. The standard InChI is InChI=1S/C24H19Cl3N2O4/c1-13-4-2-5-16(21(13)27)22(30)29-19(24(32)33)12-14-8-10-15(11-9-14)28-23(31)20-17(25)6-3-7-18(20)26/h2-11,19H,12H2,1H3,(H,28,31)(H,29,30)(H,32,33). The number of nitrogens with one attached hydrogen (secondary N) is 2. The quantitative estimate of drug-likeness (QED) is 0.388. The number of benzene rings is 3. The molecule has 0 fully saturated rings. The third-order valence-electron chi connectivity index (χ3n) is 4.88. The van der Waals surface area contributed by atoms with Crippen molar-refractivity contribution in [3.05, 3.63) is 98.0 Å². The number of rotatable bonds is 7.